The molecule has 0 bridgehead atoms. The third-order valence-electron chi connectivity index (χ3n) is 10.3. The number of aliphatic hydroxyl groups is 6. The van der Waals surface area contributed by atoms with Gasteiger partial charge in [0.15, 0.2) is 6.29 Å². The summed E-state index contributed by atoms with van der Waals surface area (Å²) in [6.45, 7) is 3.42. The Morgan fingerprint density at radius 2 is 1.04 bits per heavy atom. The quantitative estimate of drug-likeness (QED) is 0.0364. The first-order chi connectivity index (χ1) is 24.3. The summed E-state index contributed by atoms with van der Waals surface area (Å²) in [5.41, 5.74) is 0. The molecule has 0 radical (unpaired) electrons. The second kappa shape index (κ2) is 31.7. The first-order valence-corrected chi connectivity index (χ1v) is 20.8. The van der Waals surface area contributed by atoms with Crippen molar-refractivity contribution < 1.29 is 44.9 Å². The normalized spacial score (nSPS) is 22.8. The molecule has 298 valence electrons. The Kier molecular flexibility index (Phi) is 29.9. The van der Waals surface area contributed by atoms with Crippen molar-refractivity contribution in [2.45, 2.75) is 236 Å². The molecule has 0 unspecified atom stereocenters. The van der Waals surface area contributed by atoms with Crippen molar-refractivity contribution in [1.82, 2.24) is 5.32 Å². The Hall–Kier alpha value is -0.850. The highest BCUT2D eigenvalue weighted by molar-refractivity contribution is 5.76. The molecule has 0 aromatic carbocycles. The van der Waals surface area contributed by atoms with Crippen molar-refractivity contribution in [3.63, 3.8) is 0 Å². The van der Waals surface area contributed by atoms with Crippen molar-refractivity contribution >= 4 is 5.91 Å². The molecule has 0 spiro atoms. The van der Waals surface area contributed by atoms with Crippen LogP contribution in [0.15, 0.2) is 0 Å². The lowest BCUT2D eigenvalue weighted by molar-refractivity contribution is -0.303. The molecule has 0 aliphatic carbocycles. The zero-order valence-electron chi connectivity index (χ0n) is 32.0. The highest BCUT2D eigenvalue weighted by Gasteiger charge is 2.44. The maximum absolute atomic E-state index is 12.8. The van der Waals surface area contributed by atoms with Gasteiger partial charge in [-0.05, 0) is 12.8 Å². The minimum Gasteiger partial charge on any atom is -0.394 e. The lowest BCUT2D eigenvalue weighted by Gasteiger charge is -2.40. The van der Waals surface area contributed by atoms with Gasteiger partial charge in [0, 0.05) is 6.42 Å². The van der Waals surface area contributed by atoms with Crippen molar-refractivity contribution in [1.29, 1.82) is 0 Å². The summed E-state index contributed by atoms with van der Waals surface area (Å²) in [6.07, 6.45) is 22.2. The predicted molar refractivity (Wildman–Crippen MR) is 200 cm³/mol. The molecule has 1 rings (SSSR count). The summed E-state index contributed by atoms with van der Waals surface area (Å²) in [7, 11) is 0. The summed E-state index contributed by atoms with van der Waals surface area (Å²) in [4.78, 5) is 12.8. The average molecular weight is 718 g/mol. The molecule has 1 heterocycles. The van der Waals surface area contributed by atoms with E-state index in [2.05, 4.69) is 12.2 Å². The number of hydrogen-bond donors (Lipinski definition) is 7. The van der Waals surface area contributed by atoms with E-state index in [1.165, 1.54) is 122 Å². The van der Waals surface area contributed by atoms with E-state index in [-0.39, 0.29) is 18.9 Å². The van der Waals surface area contributed by atoms with Gasteiger partial charge in [-0.3, -0.25) is 4.79 Å². The van der Waals surface area contributed by atoms with E-state index in [4.69, 9.17) is 9.47 Å². The number of hydrogen-bond acceptors (Lipinski definition) is 9. The van der Waals surface area contributed by atoms with Gasteiger partial charge in [0.25, 0.3) is 0 Å². The second-order valence-corrected chi connectivity index (χ2v) is 14.9. The van der Waals surface area contributed by atoms with Crippen LogP contribution in [0.5, 0.6) is 0 Å². The van der Waals surface area contributed by atoms with Gasteiger partial charge in [0.2, 0.25) is 5.91 Å². The van der Waals surface area contributed by atoms with Crippen molar-refractivity contribution in [2.24, 2.45) is 0 Å². The number of carbonyl (C=O) groups is 1. The summed E-state index contributed by atoms with van der Waals surface area (Å²) in [5.74, 6) is -0.264. The van der Waals surface area contributed by atoms with Crippen LogP contribution < -0.4 is 5.32 Å². The van der Waals surface area contributed by atoms with Gasteiger partial charge in [-0.25, -0.2) is 0 Å². The Labute approximate surface area is 305 Å². The van der Waals surface area contributed by atoms with E-state index in [1.54, 1.807) is 0 Å². The molecule has 7 N–H and O–H groups in total. The van der Waals surface area contributed by atoms with Gasteiger partial charge in [-0.15, -0.1) is 0 Å². The number of nitrogens with one attached hydrogen (secondary N) is 1. The lowest BCUT2D eigenvalue weighted by Crippen LogP contribution is -2.60. The van der Waals surface area contributed by atoms with E-state index < -0.39 is 55.6 Å². The summed E-state index contributed by atoms with van der Waals surface area (Å²) in [5, 5.41) is 64.1. The minimum atomic E-state index is -1.60. The van der Waals surface area contributed by atoms with Gasteiger partial charge in [-0.2, -0.15) is 0 Å². The lowest BCUT2D eigenvalue weighted by atomic mass is 9.99. The van der Waals surface area contributed by atoms with Gasteiger partial charge >= 0.3 is 0 Å². The fourth-order valence-electron chi connectivity index (χ4n) is 6.84. The van der Waals surface area contributed by atoms with Crippen LogP contribution in [0.2, 0.25) is 0 Å². The van der Waals surface area contributed by atoms with Gasteiger partial charge in [0.05, 0.1) is 25.4 Å². The Morgan fingerprint density at radius 3 is 1.48 bits per heavy atom. The number of unbranched alkanes of at least 4 members (excludes halogenated alkanes) is 23. The van der Waals surface area contributed by atoms with Crippen LogP contribution in [0.3, 0.4) is 0 Å². The SMILES string of the molecule is CCCCCCCCCCCCCCCCCCCCCCCCC(=O)N[C@@H](CO[C@H]1O[C@H](CO)[C@H](O)[C@H](O)[C@H]1O)[C@H](O)[C@@H](O)CCCCC. The molecular formula is C40H79NO9. The highest BCUT2D eigenvalue weighted by atomic mass is 16.7. The molecule has 0 aromatic heterocycles. The van der Waals surface area contributed by atoms with Crippen LogP contribution in [0.25, 0.3) is 0 Å². The van der Waals surface area contributed by atoms with E-state index in [1.807, 2.05) is 6.92 Å². The first-order valence-electron chi connectivity index (χ1n) is 20.8. The molecule has 10 heteroatoms. The van der Waals surface area contributed by atoms with Gasteiger partial charge in [0.1, 0.15) is 30.5 Å². The maximum Gasteiger partial charge on any atom is 0.220 e. The molecular weight excluding hydrogens is 638 g/mol. The molecule has 1 aliphatic heterocycles. The van der Waals surface area contributed by atoms with Crippen LogP contribution in [-0.2, 0) is 14.3 Å². The zero-order chi connectivity index (χ0) is 36.8. The number of amides is 1. The molecule has 8 atom stereocenters. The standard InChI is InChI=1S/C40H79NO9/c1-3-5-7-8-9-10-11-12-13-14-15-16-17-18-19-20-21-22-23-24-25-27-29-35(44)41-32(36(45)33(43)28-26-6-4-2)31-49-40-39(48)38(47)37(46)34(30-42)50-40/h32-34,36-40,42-43,45-48H,3-31H2,1-2H3,(H,41,44)/t32-,33-,34+,36-,37-,38-,39+,40-/m0/s1. The van der Waals surface area contributed by atoms with Crippen LogP contribution in [0.4, 0.5) is 0 Å². The smallest absolute Gasteiger partial charge is 0.220 e. The van der Waals surface area contributed by atoms with Crippen molar-refractivity contribution in [3.8, 4) is 0 Å². The van der Waals surface area contributed by atoms with Crippen LogP contribution in [0.1, 0.15) is 187 Å². The topological polar surface area (TPSA) is 169 Å². The molecule has 1 saturated heterocycles. The Bertz CT molecular complexity index is 773. The van der Waals surface area contributed by atoms with Gasteiger partial charge in [-0.1, -0.05) is 168 Å². The third-order valence-corrected chi connectivity index (χ3v) is 10.3. The minimum absolute atomic E-state index is 0.264. The summed E-state index contributed by atoms with van der Waals surface area (Å²) in [6, 6.07) is -0.980. The van der Waals surface area contributed by atoms with Crippen LogP contribution in [0, 0.1) is 0 Å². The largest absolute Gasteiger partial charge is 0.394 e. The number of carbonyl (C=O) groups excluding carboxylic acids is 1. The molecule has 1 aliphatic rings. The van der Waals surface area contributed by atoms with E-state index in [0.29, 0.717) is 6.42 Å². The van der Waals surface area contributed by atoms with E-state index in [9.17, 15) is 35.4 Å². The van der Waals surface area contributed by atoms with Crippen LogP contribution >= 0.6 is 0 Å². The molecule has 10 nitrogen and oxygen atoms in total. The predicted octanol–water partition coefficient (Wildman–Crippen LogP) is 6.58. The second-order valence-electron chi connectivity index (χ2n) is 14.9. The molecule has 0 saturated carbocycles. The Balaban J connectivity index is 2.18. The van der Waals surface area contributed by atoms with Crippen molar-refractivity contribution in [3.05, 3.63) is 0 Å². The average Bonchev–Trinajstić information content (AvgIpc) is 3.11. The Morgan fingerprint density at radius 1 is 0.620 bits per heavy atom. The molecule has 0 aromatic rings. The molecule has 1 amide bonds. The first kappa shape index (κ1) is 47.2. The van der Waals surface area contributed by atoms with Crippen LogP contribution in [-0.4, -0.2) is 98.7 Å². The molecule has 50 heavy (non-hydrogen) atoms. The van der Waals surface area contributed by atoms with Crippen molar-refractivity contribution in [2.75, 3.05) is 13.2 Å². The number of rotatable bonds is 34. The fraction of sp³-hybridized carbons (Fsp3) is 0.975. The maximum atomic E-state index is 12.8. The zero-order valence-corrected chi connectivity index (χ0v) is 32.0. The summed E-state index contributed by atoms with van der Waals surface area (Å²) < 4.78 is 11.0. The van der Waals surface area contributed by atoms with E-state index in [0.717, 1.165) is 38.5 Å². The number of aliphatic hydroxyl groups excluding tert-OH is 6. The summed E-state index contributed by atoms with van der Waals surface area (Å²) >= 11 is 0. The number of ether oxygens (including phenoxy) is 2. The fourth-order valence-corrected chi connectivity index (χ4v) is 6.84. The van der Waals surface area contributed by atoms with E-state index >= 15 is 0 Å². The third kappa shape index (κ3) is 22.3. The highest BCUT2D eigenvalue weighted by Crippen LogP contribution is 2.23. The molecule has 1 fully saturated rings. The monoisotopic (exact) mass is 718 g/mol. The van der Waals surface area contributed by atoms with Gasteiger partial charge < -0.3 is 45.4 Å².